The number of thioether (sulfide) groups is 2. The van der Waals surface area contributed by atoms with Crippen molar-refractivity contribution in [3.8, 4) is 0 Å². The molecule has 1 saturated heterocycles. The highest BCUT2D eigenvalue weighted by molar-refractivity contribution is 7.99. The zero-order valence-electron chi connectivity index (χ0n) is 9.03. The van der Waals surface area contributed by atoms with Crippen LogP contribution in [0.5, 0.6) is 0 Å². The first kappa shape index (κ1) is 11.4. The second-order valence-electron chi connectivity index (χ2n) is 3.79. The number of rotatable bonds is 4. The number of nitrogens with one attached hydrogen (secondary N) is 1. The third-order valence-electron chi connectivity index (χ3n) is 2.68. The molecule has 1 aromatic carbocycles. The van der Waals surface area contributed by atoms with Gasteiger partial charge in [0.25, 0.3) is 0 Å². The van der Waals surface area contributed by atoms with Crippen LogP contribution in [0.1, 0.15) is 12.0 Å². The van der Waals surface area contributed by atoms with E-state index in [1.54, 1.807) is 11.8 Å². The third-order valence-corrected chi connectivity index (χ3v) is 4.59. The van der Waals surface area contributed by atoms with Crippen molar-refractivity contribution in [1.82, 2.24) is 5.32 Å². The molecular weight excluding hydrogens is 222 g/mol. The van der Waals surface area contributed by atoms with Crippen LogP contribution in [-0.4, -0.2) is 23.8 Å². The predicted molar refractivity (Wildman–Crippen MR) is 70.8 cm³/mol. The standard InChI is InChI=1S/C12H17NS2/c1-14-12-4-2-10(3-5-12)8-13-11-6-7-15-9-11/h2-5,11,13H,6-9H2,1H3. The Morgan fingerprint density at radius 3 is 2.80 bits per heavy atom. The van der Waals surface area contributed by atoms with Gasteiger partial charge in [0.1, 0.15) is 0 Å². The van der Waals surface area contributed by atoms with Gasteiger partial charge in [0.15, 0.2) is 0 Å². The molecule has 0 amide bonds. The molecule has 82 valence electrons. The van der Waals surface area contributed by atoms with Crippen LogP contribution in [0.2, 0.25) is 0 Å². The largest absolute Gasteiger partial charge is 0.309 e. The quantitative estimate of drug-likeness (QED) is 0.811. The molecule has 15 heavy (non-hydrogen) atoms. The molecule has 1 N–H and O–H groups in total. The number of benzene rings is 1. The zero-order valence-corrected chi connectivity index (χ0v) is 10.7. The van der Waals surface area contributed by atoms with E-state index in [1.807, 2.05) is 0 Å². The first-order valence-corrected chi connectivity index (χ1v) is 7.70. The first-order chi connectivity index (χ1) is 7.38. The SMILES string of the molecule is CSc1ccc(CNC2CCSC2)cc1. The highest BCUT2D eigenvalue weighted by Gasteiger charge is 2.13. The van der Waals surface area contributed by atoms with Crippen molar-refractivity contribution in [2.75, 3.05) is 17.8 Å². The molecule has 1 heterocycles. The van der Waals surface area contributed by atoms with E-state index in [0.29, 0.717) is 0 Å². The first-order valence-electron chi connectivity index (χ1n) is 5.32. The van der Waals surface area contributed by atoms with Gasteiger partial charge in [0.05, 0.1) is 0 Å². The minimum atomic E-state index is 0.732. The van der Waals surface area contributed by atoms with Gasteiger partial charge in [-0.25, -0.2) is 0 Å². The number of hydrogen-bond donors (Lipinski definition) is 1. The predicted octanol–water partition coefficient (Wildman–Crippen LogP) is 3.00. The van der Waals surface area contributed by atoms with Crippen LogP contribution in [0, 0.1) is 0 Å². The lowest BCUT2D eigenvalue weighted by Gasteiger charge is -2.11. The molecule has 0 radical (unpaired) electrons. The molecule has 0 spiro atoms. The molecule has 1 nitrogen and oxygen atoms in total. The average Bonchev–Trinajstić information content (AvgIpc) is 2.80. The Morgan fingerprint density at radius 2 is 2.20 bits per heavy atom. The second-order valence-corrected chi connectivity index (χ2v) is 5.82. The van der Waals surface area contributed by atoms with E-state index in [2.05, 4.69) is 47.6 Å². The Morgan fingerprint density at radius 1 is 1.40 bits per heavy atom. The monoisotopic (exact) mass is 239 g/mol. The summed E-state index contributed by atoms with van der Waals surface area (Å²) in [7, 11) is 0. The highest BCUT2D eigenvalue weighted by Crippen LogP contribution is 2.18. The average molecular weight is 239 g/mol. The van der Waals surface area contributed by atoms with Gasteiger partial charge < -0.3 is 5.32 Å². The van der Waals surface area contributed by atoms with Crippen molar-refractivity contribution in [1.29, 1.82) is 0 Å². The van der Waals surface area contributed by atoms with E-state index < -0.39 is 0 Å². The van der Waals surface area contributed by atoms with Crippen LogP contribution in [-0.2, 0) is 6.54 Å². The summed E-state index contributed by atoms with van der Waals surface area (Å²) >= 11 is 3.85. The summed E-state index contributed by atoms with van der Waals surface area (Å²) in [6, 6.07) is 9.58. The van der Waals surface area contributed by atoms with Gasteiger partial charge in [0, 0.05) is 23.2 Å². The van der Waals surface area contributed by atoms with Crippen LogP contribution >= 0.6 is 23.5 Å². The lowest BCUT2D eigenvalue weighted by Crippen LogP contribution is -2.27. The molecule has 0 saturated carbocycles. The molecule has 1 aliphatic rings. The van der Waals surface area contributed by atoms with E-state index in [0.717, 1.165) is 12.6 Å². The lowest BCUT2D eigenvalue weighted by molar-refractivity contribution is 0.558. The van der Waals surface area contributed by atoms with E-state index >= 15 is 0 Å². The van der Waals surface area contributed by atoms with Crippen molar-refractivity contribution in [3.05, 3.63) is 29.8 Å². The van der Waals surface area contributed by atoms with Crippen molar-refractivity contribution >= 4 is 23.5 Å². The van der Waals surface area contributed by atoms with Crippen molar-refractivity contribution < 1.29 is 0 Å². The molecule has 1 unspecified atom stereocenters. The fraction of sp³-hybridized carbons (Fsp3) is 0.500. The summed E-state index contributed by atoms with van der Waals surface area (Å²) in [5.74, 6) is 2.60. The number of hydrogen-bond acceptors (Lipinski definition) is 3. The summed E-state index contributed by atoms with van der Waals surface area (Å²) in [5.41, 5.74) is 1.39. The van der Waals surface area contributed by atoms with Crippen molar-refractivity contribution in [2.45, 2.75) is 23.9 Å². The van der Waals surface area contributed by atoms with Gasteiger partial charge in [-0.15, -0.1) is 11.8 Å². The van der Waals surface area contributed by atoms with Gasteiger partial charge >= 0.3 is 0 Å². The van der Waals surface area contributed by atoms with Crippen molar-refractivity contribution in [3.63, 3.8) is 0 Å². The lowest BCUT2D eigenvalue weighted by atomic mass is 10.2. The smallest absolute Gasteiger partial charge is 0.0208 e. The minimum absolute atomic E-state index is 0.732. The van der Waals surface area contributed by atoms with Crippen LogP contribution in [0.25, 0.3) is 0 Å². The molecular formula is C12H17NS2. The zero-order chi connectivity index (χ0) is 10.5. The van der Waals surface area contributed by atoms with Crippen LogP contribution in [0.15, 0.2) is 29.2 Å². The fourth-order valence-electron chi connectivity index (χ4n) is 1.70. The fourth-order valence-corrected chi connectivity index (χ4v) is 3.30. The maximum Gasteiger partial charge on any atom is 0.0208 e. The molecule has 2 rings (SSSR count). The molecule has 1 aromatic rings. The van der Waals surface area contributed by atoms with Crippen LogP contribution < -0.4 is 5.32 Å². The summed E-state index contributed by atoms with van der Waals surface area (Å²) < 4.78 is 0. The minimum Gasteiger partial charge on any atom is -0.309 e. The normalized spacial score (nSPS) is 20.7. The summed E-state index contributed by atoms with van der Waals surface area (Å²) in [6.07, 6.45) is 3.44. The van der Waals surface area contributed by atoms with E-state index in [1.165, 1.54) is 28.4 Å². The van der Waals surface area contributed by atoms with Crippen LogP contribution in [0.4, 0.5) is 0 Å². The second kappa shape index (κ2) is 5.83. The molecule has 1 fully saturated rings. The third kappa shape index (κ3) is 3.44. The molecule has 3 heteroatoms. The molecule has 1 aliphatic heterocycles. The Balaban J connectivity index is 1.82. The van der Waals surface area contributed by atoms with Crippen molar-refractivity contribution in [2.24, 2.45) is 0 Å². The highest BCUT2D eigenvalue weighted by atomic mass is 32.2. The Bertz CT molecular complexity index is 291. The summed E-state index contributed by atoms with van der Waals surface area (Å²) in [5, 5.41) is 3.61. The summed E-state index contributed by atoms with van der Waals surface area (Å²) in [6.45, 7) is 1.01. The van der Waals surface area contributed by atoms with Gasteiger partial charge in [0.2, 0.25) is 0 Å². The van der Waals surface area contributed by atoms with E-state index in [-0.39, 0.29) is 0 Å². The maximum absolute atomic E-state index is 3.61. The molecule has 0 aliphatic carbocycles. The molecule has 1 atom stereocenters. The van der Waals surface area contributed by atoms with Crippen LogP contribution in [0.3, 0.4) is 0 Å². The Hall–Kier alpha value is -0.120. The maximum atomic E-state index is 3.61. The topological polar surface area (TPSA) is 12.0 Å². The van der Waals surface area contributed by atoms with Gasteiger partial charge in [-0.3, -0.25) is 0 Å². The Kier molecular flexibility index (Phi) is 4.42. The van der Waals surface area contributed by atoms with E-state index in [9.17, 15) is 0 Å². The summed E-state index contributed by atoms with van der Waals surface area (Å²) in [4.78, 5) is 1.34. The van der Waals surface area contributed by atoms with Gasteiger partial charge in [-0.1, -0.05) is 12.1 Å². The molecule has 0 bridgehead atoms. The van der Waals surface area contributed by atoms with Gasteiger partial charge in [-0.2, -0.15) is 11.8 Å². The Labute approximate surface area is 100 Å². The molecule has 0 aromatic heterocycles. The van der Waals surface area contributed by atoms with E-state index in [4.69, 9.17) is 0 Å². The van der Waals surface area contributed by atoms with Gasteiger partial charge in [-0.05, 0) is 36.1 Å².